The monoisotopic (exact) mass is 229 g/mol. The van der Waals surface area contributed by atoms with Crippen LogP contribution in [-0.4, -0.2) is 16.6 Å². The molecule has 1 aromatic carbocycles. The Morgan fingerprint density at radius 3 is 2.82 bits per heavy atom. The number of nitrogens with zero attached hydrogens (tertiary/aromatic N) is 2. The number of anilines is 1. The lowest BCUT2D eigenvalue weighted by molar-refractivity contribution is 0.320. The molecule has 17 heavy (non-hydrogen) atoms. The van der Waals surface area contributed by atoms with E-state index in [-0.39, 0.29) is 0 Å². The summed E-state index contributed by atoms with van der Waals surface area (Å²) in [7, 11) is 0. The molecule has 1 aromatic heterocycles. The summed E-state index contributed by atoms with van der Waals surface area (Å²) in [5.41, 5.74) is 7.39. The first-order valence-corrected chi connectivity index (χ1v) is 5.51. The van der Waals surface area contributed by atoms with Crippen LogP contribution in [0, 0.1) is 6.92 Å². The minimum absolute atomic E-state index is 0.525. The summed E-state index contributed by atoms with van der Waals surface area (Å²) in [5, 5.41) is 0. The van der Waals surface area contributed by atoms with Crippen LogP contribution in [0.15, 0.2) is 36.5 Å². The molecule has 0 amide bonds. The van der Waals surface area contributed by atoms with Gasteiger partial charge in [0.05, 0.1) is 12.3 Å². The smallest absolute Gasteiger partial charge is 0.142 e. The molecule has 0 radical (unpaired) electrons. The normalized spacial score (nSPS) is 10.2. The Morgan fingerprint density at radius 1 is 1.24 bits per heavy atom. The van der Waals surface area contributed by atoms with E-state index < -0.39 is 0 Å². The first kappa shape index (κ1) is 11.4. The summed E-state index contributed by atoms with van der Waals surface area (Å²) in [6.45, 7) is 2.47. The van der Waals surface area contributed by atoms with Crippen molar-refractivity contribution in [2.75, 3.05) is 12.3 Å². The zero-order chi connectivity index (χ0) is 12.1. The minimum atomic E-state index is 0.525. The van der Waals surface area contributed by atoms with Gasteiger partial charge in [-0.25, -0.2) is 9.97 Å². The molecule has 0 atom stereocenters. The number of nitrogen functional groups attached to an aromatic ring is 1. The number of aryl methyl sites for hydroxylation is 1. The molecule has 0 aliphatic carbocycles. The van der Waals surface area contributed by atoms with Crippen molar-refractivity contribution >= 4 is 5.69 Å². The molecule has 0 fully saturated rings. The van der Waals surface area contributed by atoms with E-state index in [9.17, 15) is 0 Å². The van der Waals surface area contributed by atoms with Crippen LogP contribution in [0.3, 0.4) is 0 Å². The van der Waals surface area contributed by atoms with E-state index in [2.05, 4.69) is 9.97 Å². The second kappa shape index (κ2) is 5.30. The van der Waals surface area contributed by atoms with Gasteiger partial charge < -0.3 is 10.5 Å². The second-order valence-electron chi connectivity index (χ2n) is 3.75. The predicted octanol–water partition coefficient (Wildman–Crippen LogP) is 1.99. The topological polar surface area (TPSA) is 61.0 Å². The molecule has 0 saturated carbocycles. The third-order valence-electron chi connectivity index (χ3n) is 2.35. The third kappa shape index (κ3) is 3.17. The molecule has 0 bridgehead atoms. The number of hydrogen-bond donors (Lipinski definition) is 1. The van der Waals surface area contributed by atoms with E-state index >= 15 is 0 Å². The van der Waals surface area contributed by atoms with Crippen molar-refractivity contribution in [1.29, 1.82) is 0 Å². The van der Waals surface area contributed by atoms with E-state index in [1.54, 1.807) is 6.20 Å². The highest BCUT2D eigenvalue weighted by molar-refractivity contribution is 5.51. The van der Waals surface area contributed by atoms with E-state index in [4.69, 9.17) is 10.5 Å². The number of rotatable bonds is 4. The van der Waals surface area contributed by atoms with Gasteiger partial charge in [-0.3, -0.25) is 0 Å². The number of aromatic nitrogens is 2. The molecule has 0 aliphatic heterocycles. The van der Waals surface area contributed by atoms with E-state index in [1.807, 2.05) is 37.3 Å². The van der Waals surface area contributed by atoms with Gasteiger partial charge in [0.1, 0.15) is 11.6 Å². The molecule has 4 nitrogen and oxygen atoms in total. The van der Waals surface area contributed by atoms with Crippen LogP contribution >= 0.6 is 0 Å². The van der Waals surface area contributed by atoms with Gasteiger partial charge in [-0.05, 0) is 25.1 Å². The standard InChI is InChI=1S/C13H15N3O/c1-10-6-8-15-13(16-10)7-9-17-12-5-3-2-4-11(12)14/h2-6,8H,7,9,14H2,1H3. The van der Waals surface area contributed by atoms with Gasteiger partial charge in [-0.2, -0.15) is 0 Å². The summed E-state index contributed by atoms with van der Waals surface area (Å²) in [6.07, 6.45) is 2.44. The summed E-state index contributed by atoms with van der Waals surface area (Å²) < 4.78 is 5.58. The summed E-state index contributed by atoms with van der Waals surface area (Å²) >= 11 is 0. The number of nitrogens with two attached hydrogens (primary N) is 1. The molecule has 1 heterocycles. The van der Waals surface area contributed by atoms with Crippen molar-refractivity contribution in [3.05, 3.63) is 48.0 Å². The molecule has 2 rings (SSSR count). The zero-order valence-electron chi connectivity index (χ0n) is 9.76. The quantitative estimate of drug-likeness (QED) is 0.814. The number of benzene rings is 1. The fraction of sp³-hybridized carbons (Fsp3) is 0.231. The van der Waals surface area contributed by atoms with Gasteiger partial charge in [-0.15, -0.1) is 0 Å². The molecule has 0 aliphatic rings. The lowest BCUT2D eigenvalue weighted by Gasteiger charge is -2.07. The Labute approximate surface area is 100 Å². The Kier molecular flexibility index (Phi) is 3.55. The number of para-hydroxylation sites is 2. The summed E-state index contributed by atoms with van der Waals surface area (Å²) in [6, 6.07) is 9.32. The second-order valence-corrected chi connectivity index (χ2v) is 3.75. The minimum Gasteiger partial charge on any atom is -0.491 e. The maximum absolute atomic E-state index is 5.77. The van der Waals surface area contributed by atoms with Gasteiger partial charge in [0.25, 0.3) is 0 Å². The molecule has 0 unspecified atom stereocenters. The predicted molar refractivity (Wildman–Crippen MR) is 66.8 cm³/mol. The molecule has 2 aromatic rings. The molecule has 2 N–H and O–H groups in total. The summed E-state index contributed by atoms with van der Waals surface area (Å²) in [5.74, 6) is 1.50. The van der Waals surface area contributed by atoms with Crippen LogP contribution in [0.4, 0.5) is 5.69 Å². The fourth-order valence-corrected chi connectivity index (χ4v) is 1.49. The lowest BCUT2D eigenvalue weighted by atomic mass is 10.3. The van der Waals surface area contributed by atoms with Crippen molar-refractivity contribution < 1.29 is 4.74 Å². The zero-order valence-corrected chi connectivity index (χ0v) is 9.76. The van der Waals surface area contributed by atoms with Crippen molar-refractivity contribution in [1.82, 2.24) is 9.97 Å². The Hall–Kier alpha value is -2.10. The SMILES string of the molecule is Cc1ccnc(CCOc2ccccc2N)n1. The van der Waals surface area contributed by atoms with Crippen LogP contribution in [0.5, 0.6) is 5.75 Å². The van der Waals surface area contributed by atoms with Crippen molar-refractivity contribution in [3.8, 4) is 5.75 Å². The maximum atomic E-state index is 5.77. The highest BCUT2D eigenvalue weighted by Crippen LogP contribution is 2.19. The van der Waals surface area contributed by atoms with Gasteiger partial charge in [0, 0.05) is 18.3 Å². The molecule has 0 saturated heterocycles. The van der Waals surface area contributed by atoms with Crippen LogP contribution in [0.2, 0.25) is 0 Å². The Bertz CT molecular complexity index is 500. The lowest BCUT2D eigenvalue weighted by Crippen LogP contribution is -2.06. The maximum Gasteiger partial charge on any atom is 0.142 e. The van der Waals surface area contributed by atoms with Crippen LogP contribution < -0.4 is 10.5 Å². The average Bonchev–Trinajstić information content (AvgIpc) is 2.32. The first-order valence-electron chi connectivity index (χ1n) is 5.51. The van der Waals surface area contributed by atoms with Crippen LogP contribution in [0.1, 0.15) is 11.5 Å². The van der Waals surface area contributed by atoms with Crippen molar-refractivity contribution in [2.45, 2.75) is 13.3 Å². The Balaban J connectivity index is 1.90. The van der Waals surface area contributed by atoms with Crippen LogP contribution in [-0.2, 0) is 6.42 Å². The van der Waals surface area contributed by atoms with Gasteiger partial charge in [0.2, 0.25) is 0 Å². The fourth-order valence-electron chi connectivity index (χ4n) is 1.49. The van der Waals surface area contributed by atoms with E-state index in [1.165, 1.54) is 0 Å². The molecular weight excluding hydrogens is 214 g/mol. The first-order chi connectivity index (χ1) is 8.25. The molecule has 0 spiro atoms. The van der Waals surface area contributed by atoms with E-state index in [0.717, 1.165) is 11.5 Å². The van der Waals surface area contributed by atoms with Gasteiger partial charge >= 0.3 is 0 Å². The summed E-state index contributed by atoms with van der Waals surface area (Å²) in [4.78, 5) is 8.48. The average molecular weight is 229 g/mol. The highest BCUT2D eigenvalue weighted by Gasteiger charge is 2.00. The molecular formula is C13H15N3O. The van der Waals surface area contributed by atoms with Crippen LogP contribution in [0.25, 0.3) is 0 Å². The largest absolute Gasteiger partial charge is 0.491 e. The highest BCUT2D eigenvalue weighted by atomic mass is 16.5. The van der Waals surface area contributed by atoms with Crippen molar-refractivity contribution in [2.24, 2.45) is 0 Å². The van der Waals surface area contributed by atoms with Crippen molar-refractivity contribution in [3.63, 3.8) is 0 Å². The molecule has 88 valence electrons. The molecule has 4 heteroatoms. The van der Waals surface area contributed by atoms with E-state index in [0.29, 0.717) is 24.5 Å². The Morgan fingerprint density at radius 2 is 2.06 bits per heavy atom. The van der Waals surface area contributed by atoms with Gasteiger partial charge in [-0.1, -0.05) is 12.1 Å². The number of ether oxygens (including phenoxy) is 1. The number of hydrogen-bond acceptors (Lipinski definition) is 4. The third-order valence-corrected chi connectivity index (χ3v) is 2.35. The van der Waals surface area contributed by atoms with Gasteiger partial charge in [0.15, 0.2) is 0 Å².